The quantitative estimate of drug-likeness (QED) is 0.531. The Morgan fingerprint density at radius 3 is 2.86 bits per heavy atom. The van der Waals surface area contributed by atoms with Crippen molar-refractivity contribution in [3.63, 3.8) is 0 Å². The van der Waals surface area contributed by atoms with Gasteiger partial charge in [0.25, 0.3) is 0 Å². The molecule has 0 spiro atoms. The molecule has 6 nitrogen and oxygen atoms in total. The number of aryl methyl sites for hydroxylation is 1. The summed E-state index contributed by atoms with van der Waals surface area (Å²) in [5.74, 6) is -1.42. The summed E-state index contributed by atoms with van der Waals surface area (Å²) in [5, 5.41) is 2.31. The molecule has 1 N–H and O–H groups in total. The molecule has 0 saturated carbocycles. The first-order chi connectivity index (χ1) is 6.65. The lowest BCUT2D eigenvalue weighted by Gasteiger charge is -2.03. The third kappa shape index (κ3) is 2.32. The molecular formula is C8H11N3O3. The standard InChI is InChI=1S/C8H11N3O3/c1-3-14-7(13)6(12)10-8-9-4-5-11(8)2/h4-5H,3H2,1-2H3,(H,9,10,12). The van der Waals surface area contributed by atoms with Gasteiger partial charge in [-0.3, -0.25) is 10.1 Å². The lowest BCUT2D eigenvalue weighted by molar-refractivity contribution is -0.152. The Balaban J connectivity index is 2.57. The van der Waals surface area contributed by atoms with E-state index in [0.29, 0.717) is 5.95 Å². The van der Waals surface area contributed by atoms with Crippen LogP contribution >= 0.6 is 0 Å². The number of esters is 1. The number of imidazole rings is 1. The summed E-state index contributed by atoms with van der Waals surface area (Å²) in [6, 6.07) is 0. The SMILES string of the molecule is CCOC(=O)C(=O)Nc1nccn1C. The molecule has 0 aromatic carbocycles. The number of amides is 1. The maximum absolute atomic E-state index is 11.1. The van der Waals surface area contributed by atoms with E-state index in [2.05, 4.69) is 15.0 Å². The van der Waals surface area contributed by atoms with E-state index in [1.54, 1.807) is 24.7 Å². The zero-order valence-corrected chi connectivity index (χ0v) is 7.98. The van der Waals surface area contributed by atoms with Crippen molar-refractivity contribution in [3.05, 3.63) is 12.4 Å². The molecule has 0 aliphatic rings. The van der Waals surface area contributed by atoms with Crippen molar-refractivity contribution in [2.75, 3.05) is 11.9 Å². The van der Waals surface area contributed by atoms with Gasteiger partial charge in [0.2, 0.25) is 5.95 Å². The van der Waals surface area contributed by atoms with Gasteiger partial charge in [-0.05, 0) is 6.92 Å². The van der Waals surface area contributed by atoms with E-state index >= 15 is 0 Å². The van der Waals surface area contributed by atoms with Crippen molar-refractivity contribution in [1.29, 1.82) is 0 Å². The Bertz CT molecular complexity index is 345. The third-order valence-corrected chi connectivity index (χ3v) is 1.51. The molecule has 0 atom stereocenters. The second kappa shape index (κ2) is 4.40. The number of nitrogens with zero attached hydrogens (tertiary/aromatic N) is 2. The van der Waals surface area contributed by atoms with Crippen LogP contribution in [-0.2, 0) is 21.4 Å². The van der Waals surface area contributed by atoms with Gasteiger partial charge < -0.3 is 9.30 Å². The van der Waals surface area contributed by atoms with Crippen molar-refractivity contribution < 1.29 is 14.3 Å². The summed E-state index contributed by atoms with van der Waals surface area (Å²) in [6.45, 7) is 1.80. The molecule has 0 fully saturated rings. The van der Waals surface area contributed by atoms with Crippen LogP contribution in [0, 0.1) is 0 Å². The minimum atomic E-state index is -0.907. The summed E-state index contributed by atoms with van der Waals surface area (Å²) in [6.07, 6.45) is 3.17. The predicted molar refractivity (Wildman–Crippen MR) is 48.5 cm³/mol. The van der Waals surface area contributed by atoms with Crippen LogP contribution in [0.3, 0.4) is 0 Å². The van der Waals surface area contributed by atoms with Crippen LogP contribution in [-0.4, -0.2) is 28.0 Å². The van der Waals surface area contributed by atoms with Crippen LogP contribution < -0.4 is 5.32 Å². The second-order valence-electron chi connectivity index (χ2n) is 2.54. The van der Waals surface area contributed by atoms with E-state index in [0.717, 1.165) is 0 Å². The largest absolute Gasteiger partial charge is 0.459 e. The Morgan fingerprint density at radius 2 is 2.36 bits per heavy atom. The van der Waals surface area contributed by atoms with Crippen LogP contribution in [0.4, 0.5) is 5.95 Å². The van der Waals surface area contributed by atoms with Crippen molar-refractivity contribution in [2.45, 2.75) is 6.92 Å². The maximum atomic E-state index is 11.1. The lowest BCUT2D eigenvalue weighted by atomic mass is 10.6. The maximum Gasteiger partial charge on any atom is 0.397 e. The van der Waals surface area contributed by atoms with Gasteiger partial charge in [0.1, 0.15) is 0 Å². The van der Waals surface area contributed by atoms with Gasteiger partial charge in [-0.1, -0.05) is 0 Å². The molecule has 0 radical (unpaired) electrons. The molecule has 1 aromatic rings. The fourth-order valence-corrected chi connectivity index (χ4v) is 0.835. The molecule has 14 heavy (non-hydrogen) atoms. The fourth-order valence-electron chi connectivity index (χ4n) is 0.835. The summed E-state index contributed by atoms with van der Waals surface area (Å²) in [5.41, 5.74) is 0. The number of aromatic nitrogens is 2. The molecule has 1 rings (SSSR count). The summed E-state index contributed by atoms with van der Waals surface area (Å²) in [7, 11) is 1.70. The van der Waals surface area contributed by atoms with E-state index in [1.807, 2.05) is 0 Å². The second-order valence-corrected chi connectivity index (χ2v) is 2.54. The highest BCUT2D eigenvalue weighted by Crippen LogP contribution is 2.00. The average molecular weight is 197 g/mol. The first-order valence-electron chi connectivity index (χ1n) is 4.10. The molecule has 0 aliphatic heterocycles. The molecule has 1 aromatic heterocycles. The van der Waals surface area contributed by atoms with Crippen LogP contribution in [0.15, 0.2) is 12.4 Å². The highest BCUT2D eigenvalue weighted by molar-refractivity contribution is 6.37. The van der Waals surface area contributed by atoms with Gasteiger partial charge in [0.15, 0.2) is 0 Å². The number of hydrogen-bond donors (Lipinski definition) is 1. The van der Waals surface area contributed by atoms with Crippen LogP contribution in [0.2, 0.25) is 0 Å². The van der Waals surface area contributed by atoms with Crippen molar-refractivity contribution >= 4 is 17.8 Å². The summed E-state index contributed by atoms with van der Waals surface area (Å²) >= 11 is 0. The first kappa shape index (κ1) is 10.2. The van der Waals surface area contributed by atoms with E-state index in [4.69, 9.17) is 0 Å². The van der Waals surface area contributed by atoms with Gasteiger partial charge in [-0.15, -0.1) is 0 Å². The zero-order valence-electron chi connectivity index (χ0n) is 7.98. The molecular weight excluding hydrogens is 186 g/mol. The number of ether oxygens (including phenoxy) is 1. The Morgan fingerprint density at radius 1 is 1.64 bits per heavy atom. The smallest absolute Gasteiger partial charge is 0.397 e. The number of hydrogen-bond acceptors (Lipinski definition) is 4. The van der Waals surface area contributed by atoms with Crippen LogP contribution in [0.5, 0.6) is 0 Å². The first-order valence-corrected chi connectivity index (χ1v) is 4.10. The number of carbonyl (C=O) groups is 2. The summed E-state index contributed by atoms with van der Waals surface area (Å²) < 4.78 is 6.08. The van der Waals surface area contributed by atoms with Gasteiger partial charge >= 0.3 is 11.9 Å². The highest BCUT2D eigenvalue weighted by atomic mass is 16.5. The van der Waals surface area contributed by atoms with Crippen molar-refractivity contribution in [3.8, 4) is 0 Å². The summed E-state index contributed by atoms with van der Waals surface area (Å²) in [4.78, 5) is 25.8. The van der Waals surface area contributed by atoms with Crippen LogP contribution in [0.1, 0.15) is 6.92 Å². The monoisotopic (exact) mass is 197 g/mol. The topological polar surface area (TPSA) is 73.2 Å². The van der Waals surface area contributed by atoms with Crippen molar-refractivity contribution in [2.24, 2.45) is 7.05 Å². The van der Waals surface area contributed by atoms with Crippen molar-refractivity contribution in [1.82, 2.24) is 9.55 Å². The number of anilines is 1. The third-order valence-electron chi connectivity index (χ3n) is 1.51. The van der Waals surface area contributed by atoms with E-state index < -0.39 is 11.9 Å². The van der Waals surface area contributed by atoms with E-state index in [1.165, 1.54) is 6.20 Å². The molecule has 0 saturated heterocycles. The average Bonchev–Trinajstić information content (AvgIpc) is 2.52. The zero-order chi connectivity index (χ0) is 10.6. The minimum absolute atomic E-state index is 0.173. The molecule has 76 valence electrons. The normalized spacial score (nSPS) is 9.57. The number of carbonyl (C=O) groups excluding carboxylic acids is 2. The van der Waals surface area contributed by atoms with Gasteiger partial charge in [0.05, 0.1) is 6.61 Å². The van der Waals surface area contributed by atoms with Gasteiger partial charge in [-0.2, -0.15) is 0 Å². The number of rotatable bonds is 2. The highest BCUT2D eigenvalue weighted by Gasteiger charge is 2.16. The molecule has 0 unspecified atom stereocenters. The van der Waals surface area contributed by atoms with E-state index in [9.17, 15) is 9.59 Å². The Hall–Kier alpha value is -1.85. The Labute approximate surface area is 80.9 Å². The molecule has 0 aliphatic carbocycles. The number of nitrogens with one attached hydrogen (secondary N) is 1. The molecule has 6 heteroatoms. The minimum Gasteiger partial charge on any atom is -0.459 e. The Kier molecular flexibility index (Phi) is 3.22. The lowest BCUT2D eigenvalue weighted by Crippen LogP contribution is -2.26. The van der Waals surface area contributed by atoms with Crippen LogP contribution in [0.25, 0.3) is 0 Å². The molecule has 1 heterocycles. The molecule has 1 amide bonds. The van der Waals surface area contributed by atoms with Gasteiger partial charge in [-0.25, -0.2) is 9.78 Å². The predicted octanol–water partition coefficient (Wildman–Crippen LogP) is -0.0783. The van der Waals surface area contributed by atoms with E-state index in [-0.39, 0.29) is 6.61 Å². The molecule has 0 bridgehead atoms. The van der Waals surface area contributed by atoms with Gasteiger partial charge in [0, 0.05) is 19.4 Å². The fraction of sp³-hybridized carbons (Fsp3) is 0.375.